The molecular weight excluding hydrogens is 441 g/mol. The van der Waals surface area contributed by atoms with E-state index in [-0.39, 0.29) is 48.9 Å². The number of benzene rings is 2. The van der Waals surface area contributed by atoms with Gasteiger partial charge in [0, 0.05) is 18.5 Å². The molecule has 0 bridgehead atoms. The quantitative estimate of drug-likeness (QED) is 0.668. The van der Waals surface area contributed by atoms with Crippen molar-refractivity contribution in [3.05, 3.63) is 64.5 Å². The number of halogens is 1. The number of nitrogens with zero attached hydrogens (tertiary/aromatic N) is 1. The van der Waals surface area contributed by atoms with Crippen LogP contribution in [-0.2, 0) is 32.9 Å². The van der Waals surface area contributed by atoms with Gasteiger partial charge < -0.3 is 9.64 Å². The maximum atomic E-state index is 14.2. The van der Waals surface area contributed by atoms with Crippen LogP contribution in [0.4, 0.5) is 14.9 Å². The Labute approximate surface area is 196 Å². The van der Waals surface area contributed by atoms with Gasteiger partial charge in [0.1, 0.15) is 18.5 Å². The second-order valence-corrected chi connectivity index (χ2v) is 9.54. The van der Waals surface area contributed by atoms with Gasteiger partial charge in [-0.05, 0) is 46.7 Å². The highest BCUT2D eigenvalue weighted by molar-refractivity contribution is 6.05. The summed E-state index contributed by atoms with van der Waals surface area (Å²) < 4.78 is 19.4. The molecule has 0 saturated carbocycles. The Kier molecular flexibility index (Phi) is 6.12. The molecule has 1 saturated heterocycles. The summed E-state index contributed by atoms with van der Waals surface area (Å²) in [6.45, 7) is 6.10. The molecule has 1 fully saturated rings. The van der Waals surface area contributed by atoms with Crippen LogP contribution in [0.2, 0.25) is 0 Å². The van der Waals surface area contributed by atoms with Crippen molar-refractivity contribution >= 4 is 29.5 Å². The molecule has 178 valence electrons. The number of amides is 4. The van der Waals surface area contributed by atoms with E-state index in [2.05, 4.69) is 10.6 Å². The Morgan fingerprint density at radius 3 is 2.65 bits per heavy atom. The fraction of sp³-hybridized carbons (Fsp3) is 0.360. The van der Waals surface area contributed by atoms with Gasteiger partial charge in [0.15, 0.2) is 0 Å². The number of fused-ring (bicyclic) bond motifs is 1. The maximum absolute atomic E-state index is 14.2. The average Bonchev–Trinajstić information content (AvgIpc) is 3.09. The standard InChI is InChI=1S/C25H26FN3O5/c1-25(2,3)16-6-7-18(26)19(11-16)27-24(33)34-13-14-4-5-15-12-29(23(32)17(15)10-14)20-8-9-21(30)28-22(20)31/h4-7,10-11,20H,8-9,12-13H2,1-3H3,(H,27,33)(H,28,30,31). The summed E-state index contributed by atoms with van der Waals surface area (Å²) in [6, 6.07) is 8.96. The molecular formula is C25H26FN3O5. The molecule has 4 rings (SSSR count). The first-order valence-electron chi connectivity index (χ1n) is 11.0. The van der Waals surface area contributed by atoms with E-state index in [4.69, 9.17) is 4.74 Å². The van der Waals surface area contributed by atoms with Crippen molar-refractivity contribution in [2.24, 2.45) is 0 Å². The van der Waals surface area contributed by atoms with Crippen LogP contribution in [0, 0.1) is 5.82 Å². The lowest BCUT2D eigenvalue weighted by Gasteiger charge is -2.29. The largest absolute Gasteiger partial charge is 0.444 e. The molecule has 2 heterocycles. The zero-order valence-corrected chi connectivity index (χ0v) is 19.2. The lowest BCUT2D eigenvalue weighted by atomic mass is 9.87. The van der Waals surface area contributed by atoms with Crippen molar-refractivity contribution in [2.75, 3.05) is 5.32 Å². The van der Waals surface area contributed by atoms with Crippen molar-refractivity contribution in [2.45, 2.75) is 58.2 Å². The minimum Gasteiger partial charge on any atom is -0.444 e. The van der Waals surface area contributed by atoms with Crippen LogP contribution in [0.5, 0.6) is 0 Å². The number of hydrogen-bond donors (Lipinski definition) is 2. The Balaban J connectivity index is 1.40. The lowest BCUT2D eigenvalue weighted by Crippen LogP contribution is -2.52. The topological polar surface area (TPSA) is 105 Å². The molecule has 9 heteroatoms. The molecule has 0 aliphatic carbocycles. The van der Waals surface area contributed by atoms with Crippen molar-refractivity contribution in [3.63, 3.8) is 0 Å². The van der Waals surface area contributed by atoms with Crippen LogP contribution in [0.1, 0.15) is 60.7 Å². The average molecular weight is 467 g/mol. The number of carbonyl (C=O) groups excluding carboxylic acids is 4. The van der Waals surface area contributed by atoms with E-state index < -0.39 is 23.9 Å². The van der Waals surface area contributed by atoms with E-state index in [1.54, 1.807) is 30.3 Å². The number of ether oxygens (including phenoxy) is 1. The third kappa shape index (κ3) is 4.78. The Morgan fingerprint density at radius 1 is 1.18 bits per heavy atom. The molecule has 4 amide bonds. The Hall–Kier alpha value is -3.75. The second kappa shape index (κ2) is 8.89. The Bertz CT molecular complexity index is 1190. The fourth-order valence-corrected chi connectivity index (χ4v) is 4.07. The molecule has 34 heavy (non-hydrogen) atoms. The molecule has 0 aromatic heterocycles. The zero-order valence-electron chi connectivity index (χ0n) is 19.2. The maximum Gasteiger partial charge on any atom is 0.412 e. The summed E-state index contributed by atoms with van der Waals surface area (Å²) in [7, 11) is 0. The predicted molar refractivity (Wildman–Crippen MR) is 121 cm³/mol. The van der Waals surface area contributed by atoms with Gasteiger partial charge in [-0.3, -0.25) is 25.0 Å². The smallest absolute Gasteiger partial charge is 0.412 e. The highest BCUT2D eigenvalue weighted by atomic mass is 19.1. The number of anilines is 1. The van der Waals surface area contributed by atoms with Gasteiger partial charge in [-0.15, -0.1) is 0 Å². The fourth-order valence-electron chi connectivity index (χ4n) is 4.07. The van der Waals surface area contributed by atoms with E-state index in [9.17, 15) is 23.6 Å². The van der Waals surface area contributed by atoms with E-state index in [0.29, 0.717) is 11.1 Å². The number of imide groups is 1. The van der Waals surface area contributed by atoms with E-state index in [0.717, 1.165) is 11.1 Å². The van der Waals surface area contributed by atoms with Crippen molar-refractivity contribution in [3.8, 4) is 0 Å². The van der Waals surface area contributed by atoms with Crippen LogP contribution >= 0.6 is 0 Å². The number of hydrogen-bond acceptors (Lipinski definition) is 5. The molecule has 2 aliphatic heterocycles. The van der Waals surface area contributed by atoms with Crippen molar-refractivity contribution in [1.29, 1.82) is 0 Å². The molecule has 2 aromatic carbocycles. The molecule has 2 aromatic rings. The third-order valence-corrected chi connectivity index (χ3v) is 6.03. The van der Waals surface area contributed by atoms with Crippen molar-refractivity contribution in [1.82, 2.24) is 10.2 Å². The zero-order chi connectivity index (χ0) is 24.6. The molecule has 2 N–H and O–H groups in total. The first-order chi connectivity index (χ1) is 16.0. The minimum atomic E-state index is -0.818. The van der Waals surface area contributed by atoms with Crippen LogP contribution in [0.25, 0.3) is 0 Å². The van der Waals surface area contributed by atoms with E-state index >= 15 is 0 Å². The predicted octanol–water partition coefficient (Wildman–Crippen LogP) is 3.63. The Morgan fingerprint density at radius 2 is 1.94 bits per heavy atom. The van der Waals surface area contributed by atoms with Crippen LogP contribution in [0.3, 0.4) is 0 Å². The summed E-state index contributed by atoms with van der Waals surface area (Å²) in [6.07, 6.45) is -0.348. The molecule has 0 radical (unpaired) electrons. The van der Waals surface area contributed by atoms with Crippen LogP contribution in [-0.4, -0.2) is 34.8 Å². The van der Waals surface area contributed by atoms with E-state index in [1.807, 2.05) is 20.8 Å². The summed E-state index contributed by atoms with van der Waals surface area (Å²) >= 11 is 0. The summed E-state index contributed by atoms with van der Waals surface area (Å²) in [5, 5.41) is 4.70. The third-order valence-electron chi connectivity index (χ3n) is 6.03. The first kappa shape index (κ1) is 23.4. The van der Waals surface area contributed by atoms with Gasteiger partial charge >= 0.3 is 6.09 Å². The van der Waals surface area contributed by atoms with Crippen LogP contribution < -0.4 is 10.6 Å². The molecule has 8 nitrogen and oxygen atoms in total. The van der Waals surface area contributed by atoms with Crippen molar-refractivity contribution < 1.29 is 28.3 Å². The number of carbonyl (C=O) groups is 4. The first-order valence-corrected chi connectivity index (χ1v) is 11.0. The highest BCUT2D eigenvalue weighted by Gasteiger charge is 2.39. The molecule has 2 aliphatic rings. The van der Waals surface area contributed by atoms with Gasteiger partial charge in [-0.25, -0.2) is 9.18 Å². The van der Waals surface area contributed by atoms with Gasteiger partial charge in [-0.2, -0.15) is 0 Å². The number of piperidine rings is 1. The van der Waals surface area contributed by atoms with Gasteiger partial charge in [0.25, 0.3) is 5.91 Å². The van der Waals surface area contributed by atoms with Gasteiger partial charge in [-0.1, -0.05) is 39.0 Å². The van der Waals surface area contributed by atoms with E-state index in [1.165, 1.54) is 11.0 Å². The number of rotatable bonds is 4. The summed E-state index contributed by atoms with van der Waals surface area (Å²) in [5.41, 5.74) is 2.44. The highest BCUT2D eigenvalue weighted by Crippen LogP contribution is 2.29. The van der Waals surface area contributed by atoms with Gasteiger partial charge in [0.2, 0.25) is 11.8 Å². The number of nitrogens with one attached hydrogen (secondary N) is 2. The SMILES string of the molecule is CC(C)(C)c1ccc(F)c(NC(=O)OCc2ccc3c(c2)C(=O)N(C2CCC(=O)NC2=O)C3)c1. The monoisotopic (exact) mass is 467 g/mol. The summed E-state index contributed by atoms with van der Waals surface area (Å²) in [5.74, 6) is -1.69. The lowest BCUT2D eigenvalue weighted by molar-refractivity contribution is -0.136. The van der Waals surface area contributed by atoms with Gasteiger partial charge in [0.05, 0.1) is 5.69 Å². The molecule has 0 spiro atoms. The normalized spacial score (nSPS) is 17.9. The second-order valence-electron chi connectivity index (χ2n) is 9.54. The van der Waals surface area contributed by atoms with Crippen LogP contribution in [0.15, 0.2) is 36.4 Å². The molecule has 1 atom stereocenters. The summed E-state index contributed by atoms with van der Waals surface area (Å²) in [4.78, 5) is 50.2. The minimum absolute atomic E-state index is 0.0291. The molecule has 1 unspecified atom stereocenters.